The van der Waals surface area contributed by atoms with E-state index in [1.807, 2.05) is 0 Å². The lowest BCUT2D eigenvalue weighted by atomic mass is 9.40. The molecular formula is C22H38O3. The molecule has 4 rings (SSSR count). The lowest BCUT2D eigenvalue weighted by Crippen LogP contribution is -2.61. The summed E-state index contributed by atoms with van der Waals surface area (Å²) in [5.41, 5.74) is -0.464. The Labute approximate surface area is 153 Å². The number of hydrogen-bond donors (Lipinski definition) is 3. The van der Waals surface area contributed by atoms with Gasteiger partial charge in [-0.25, -0.2) is 0 Å². The van der Waals surface area contributed by atoms with Crippen LogP contribution in [0.1, 0.15) is 85.5 Å². The van der Waals surface area contributed by atoms with Gasteiger partial charge in [-0.3, -0.25) is 0 Å². The van der Waals surface area contributed by atoms with Crippen molar-refractivity contribution in [1.29, 1.82) is 0 Å². The SMILES string of the molecule is C[C@@H](O)[C@@]1(O)CC[C@@H]2[C@H]3CC[C@@]4(C)C[C@H](O)CC[C@]4(C)[C@@H]3CC[C@@]21C. The smallest absolute Gasteiger partial charge is 0.0958 e. The van der Waals surface area contributed by atoms with Crippen LogP contribution >= 0.6 is 0 Å². The van der Waals surface area contributed by atoms with Gasteiger partial charge in [-0.05, 0) is 93.3 Å². The molecule has 9 atom stereocenters. The van der Waals surface area contributed by atoms with Gasteiger partial charge in [-0.2, -0.15) is 0 Å². The number of aliphatic hydroxyl groups excluding tert-OH is 2. The van der Waals surface area contributed by atoms with Gasteiger partial charge < -0.3 is 15.3 Å². The highest BCUT2D eigenvalue weighted by molar-refractivity contribution is 5.16. The molecule has 0 aromatic carbocycles. The van der Waals surface area contributed by atoms with Gasteiger partial charge in [0.25, 0.3) is 0 Å². The molecule has 3 heteroatoms. The number of hydrogen-bond acceptors (Lipinski definition) is 3. The molecule has 4 aliphatic rings. The van der Waals surface area contributed by atoms with Crippen molar-refractivity contribution in [2.75, 3.05) is 0 Å². The Morgan fingerprint density at radius 2 is 1.44 bits per heavy atom. The quantitative estimate of drug-likeness (QED) is 0.672. The van der Waals surface area contributed by atoms with Gasteiger partial charge in [0.1, 0.15) is 0 Å². The zero-order chi connectivity index (χ0) is 18.3. The zero-order valence-electron chi connectivity index (χ0n) is 16.6. The lowest BCUT2D eigenvalue weighted by molar-refractivity contribution is -0.203. The molecule has 4 aliphatic carbocycles. The van der Waals surface area contributed by atoms with Crippen LogP contribution in [-0.4, -0.2) is 33.1 Å². The van der Waals surface area contributed by atoms with E-state index in [9.17, 15) is 15.3 Å². The normalized spacial score (nSPS) is 59.6. The first-order valence-electron chi connectivity index (χ1n) is 10.7. The van der Waals surface area contributed by atoms with E-state index in [1.54, 1.807) is 6.92 Å². The van der Waals surface area contributed by atoms with Crippen LogP contribution < -0.4 is 0 Å². The van der Waals surface area contributed by atoms with Crippen molar-refractivity contribution in [2.45, 2.75) is 103 Å². The largest absolute Gasteiger partial charge is 0.393 e. The Kier molecular flexibility index (Phi) is 3.98. The van der Waals surface area contributed by atoms with Crippen LogP contribution in [-0.2, 0) is 0 Å². The third kappa shape index (κ3) is 2.15. The number of rotatable bonds is 1. The minimum atomic E-state index is -0.910. The van der Waals surface area contributed by atoms with Gasteiger partial charge >= 0.3 is 0 Å². The van der Waals surface area contributed by atoms with E-state index in [4.69, 9.17) is 0 Å². The van der Waals surface area contributed by atoms with Crippen LogP contribution in [0.2, 0.25) is 0 Å². The van der Waals surface area contributed by atoms with Crippen LogP contribution in [0.15, 0.2) is 0 Å². The second-order valence-electron chi connectivity index (χ2n) is 10.9. The third-order valence-corrected chi connectivity index (χ3v) is 10.3. The predicted molar refractivity (Wildman–Crippen MR) is 99.0 cm³/mol. The highest BCUT2D eigenvalue weighted by Crippen LogP contribution is 2.71. The second-order valence-corrected chi connectivity index (χ2v) is 10.9. The van der Waals surface area contributed by atoms with E-state index in [0.717, 1.165) is 38.5 Å². The average molecular weight is 351 g/mol. The standard InChI is InChI=1S/C22H38O3/c1-14(23)22(25)12-8-18-16-6-9-19(2)13-15(24)5-10-20(19,3)17(16)7-11-21(18,22)4/h14-18,23-25H,5-13H2,1-4H3/t14-,15-,16+,17-,18-,19+,20-,21+,22+/m1/s1. The summed E-state index contributed by atoms with van der Waals surface area (Å²) >= 11 is 0. The van der Waals surface area contributed by atoms with Crippen LogP contribution in [0, 0.1) is 34.0 Å². The van der Waals surface area contributed by atoms with E-state index in [-0.39, 0.29) is 16.9 Å². The van der Waals surface area contributed by atoms with Gasteiger partial charge in [0.05, 0.1) is 17.8 Å². The van der Waals surface area contributed by atoms with Gasteiger partial charge in [-0.1, -0.05) is 20.8 Å². The fraction of sp³-hybridized carbons (Fsp3) is 1.00. The molecule has 0 radical (unpaired) electrons. The Hall–Kier alpha value is -0.120. The molecule has 0 unspecified atom stereocenters. The molecule has 0 amide bonds. The summed E-state index contributed by atoms with van der Waals surface area (Å²) < 4.78 is 0. The zero-order valence-corrected chi connectivity index (χ0v) is 16.6. The van der Waals surface area contributed by atoms with Crippen molar-refractivity contribution < 1.29 is 15.3 Å². The summed E-state index contributed by atoms with van der Waals surface area (Å²) in [6.45, 7) is 8.98. The first-order chi connectivity index (χ1) is 11.6. The van der Waals surface area contributed by atoms with Crippen molar-refractivity contribution >= 4 is 0 Å². The minimum Gasteiger partial charge on any atom is -0.393 e. The summed E-state index contributed by atoms with van der Waals surface area (Å²) in [5, 5.41) is 31.9. The fourth-order valence-corrected chi connectivity index (χ4v) is 8.35. The van der Waals surface area contributed by atoms with Crippen LogP contribution in [0.3, 0.4) is 0 Å². The van der Waals surface area contributed by atoms with Crippen molar-refractivity contribution in [1.82, 2.24) is 0 Å². The third-order valence-electron chi connectivity index (χ3n) is 10.3. The molecule has 0 bridgehead atoms. The van der Waals surface area contributed by atoms with E-state index >= 15 is 0 Å². The predicted octanol–water partition coefficient (Wildman–Crippen LogP) is 3.89. The molecular weight excluding hydrogens is 312 g/mol. The maximum absolute atomic E-state index is 11.3. The van der Waals surface area contributed by atoms with Gasteiger partial charge in [0.15, 0.2) is 0 Å². The maximum atomic E-state index is 11.3. The van der Waals surface area contributed by atoms with Crippen molar-refractivity contribution in [3.8, 4) is 0 Å². The Morgan fingerprint density at radius 3 is 2.12 bits per heavy atom. The number of fused-ring (bicyclic) bond motifs is 5. The summed E-state index contributed by atoms with van der Waals surface area (Å²) in [6, 6.07) is 0. The molecule has 4 saturated carbocycles. The second kappa shape index (κ2) is 5.45. The summed E-state index contributed by atoms with van der Waals surface area (Å²) in [7, 11) is 0. The number of aliphatic hydroxyl groups is 3. The Balaban J connectivity index is 1.67. The van der Waals surface area contributed by atoms with E-state index in [1.165, 1.54) is 19.3 Å². The molecule has 0 aliphatic heterocycles. The molecule has 144 valence electrons. The molecule has 0 heterocycles. The fourth-order valence-electron chi connectivity index (χ4n) is 8.35. The van der Waals surface area contributed by atoms with Crippen LogP contribution in [0.4, 0.5) is 0 Å². The Bertz CT molecular complexity index is 547. The van der Waals surface area contributed by atoms with Crippen LogP contribution in [0.25, 0.3) is 0 Å². The highest BCUT2D eigenvalue weighted by atomic mass is 16.3. The van der Waals surface area contributed by atoms with E-state index in [2.05, 4.69) is 20.8 Å². The van der Waals surface area contributed by atoms with Crippen LogP contribution in [0.5, 0.6) is 0 Å². The molecule has 0 aromatic rings. The van der Waals surface area contributed by atoms with Crippen molar-refractivity contribution in [2.24, 2.45) is 34.0 Å². The topological polar surface area (TPSA) is 60.7 Å². The molecule has 0 spiro atoms. The molecule has 3 N–H and O–H groups in total. The van der Waals surface area contributed by atoms with Gasteiger partial charge in [-0.15, -0.1) is 0 Å². The first-order valence-corrected chi connectivity index (χ1v) is 10.7. The van der Waals surface area contributed by atoms with Gasteiger partial charge in [0, 0.05) is 5.41 Å². The molecule has 4 fully saturated rings. The maximum Gasteiger partial charge on any atom is 0.0958 e. The summed E-state index contributed by atoms with van der Waals surface area (Å²) in [6.07, 6.45) is 8.78. The molecule has 25 heavy (non-hydrogen) atoms. The average Bonchev–Trinajstić information content (AvgIpc) is 2.82. The summed E-state index contributed by atoms with van der Waals surface area (Å²) in [5.74, 6) is 1.94. The Morgan fingerprint density at radius 1 is 0.840 bits per heavy atom. The van der Waals surface area contributed by atoms with Gasteiger partial charge in [0.2, 0.25) is 0 Å². The van der Waals surface area contributed by atoms with Crippen molar-refractivity contribution in [3.63, 3.8) is 0 Å². The minimum absolute atomic E-state index is 0.115. The van der Waals surface area contributed by atoms with E-state index < -0.39 is 11.7 Å². The molecule has 0 aromatic heterocycles. The monoisotopic (exact) mass is 350 g/mol. The van der Waals surface area contributed by atoms with Crippen molar-refractivity contribution in [3.05, 3.63) is 0 Å². The molecule has 3 nitrogen and oxygen atoms in total. The summed E-state index contributed by atoms with van der Waals surface area (Å²) in [4.78, 5) is 0. The molecule has 0 saturated heterocycles. The first kappa shape index (κ1) is 18.3. The lowest BCUT2D eigenvalue weighted by Gasteiger charge is -2.65. The highest BCUT2D eigenvalue weighted by Gasteiger charge is 2.67. The van der Waals surface area contributed by atoms with E-state index in [0.29, 0.717) is 23.2 Å².